The van der Waals surface area contributed by atoms with Crippen LogP contribution in [0.5, 0.6) is 0 Å². The molecule has 0 aliphatic heterocycles. The summed E-state index contributed by atoms with van der Waals surface area (Å²) < 4.78 is 40.8. The maximum Gasteiger partial charge on any atom is 0.242 e. The SMILES string of the molecule is CCC1CCC(NS(=O)(=O)c2cccc(F)c2N)C1C. The number of nitrogen functional groups attached to an aromatic ring is 1. The maximum atomic E-state index is 13.4. The highest BCUT2D eigenvalue weighted by molar-refractivity contribution is 7.89. The van der Waals surface area contributed by atoms with Gasteiger partial charge in [0.25, 0.3) is 0 Å². The van der Waals surface area contributed by atoms with E-state index in [0.29, 0.717) is 5.92 Å². The van der Waals surface area contributed by atoms with Crippen molar-refractivity contribution in [2.45, 2.75) is 44.0 Å². The lowest BCUT2D eigenvalue weighted by atomic mass is 9.94. The molecule has 1 aromatic rings. The monoisotopic (exact) mass is 300 g/mol. The molecule has 1 fully saturated rings. The lowest BCUT2D eigenvalue weighted by Gasteiger charge is -2.21. The zero-order chi connectivity index (χ0) is 14.9. The minimum atomic E-state index is -3.78. The van der Waals surface area contributed by atoms with Crippen molar-refractivity contribution >= 4 is 15.7 Å². The fraction of sp³-hybridized carbons (Fsp3) is 0.571. The van der Waals surface area contributed by atoms with Crippen LogP contribution >= 0.6 is 0 Å². The smallest absolute Gasteiger partial charge is 0.242 e. The Morgan fingerprint density at radius 2 is 2.10 bits per heavy atom. The van der Waals surface area contributed by atoms with Gasteiger partial charge in [0.05, 0.1) is 5.69 Å². The maximum absolute atomic E-state index is 13.4. The first-order valence-corrected chi connectivity index (χ1v) is 8.41. The van der Waals surface area contributed by atoms with Crippen LogP contribution in [0.4, 0.5) is 10.1 Å². The van der Waals surface area contributed by atoms with Crippen molar-refractivity contribution in [2.24, 2.45) is 11.8 Å². The number of rotatable bonds is 4. The zero-order valence-electron chi connectivity index (χ0n) is 11.8. The zero-order valence-corrected chi connectivity index (χ0v) is 12.6. The molecule has 2 rings (SSSR count). The van der Waals surface area contributed by atoms with Crippen molar-refractivity contribution in [1.29, 1.82) is 0 Å². The molecule has 0 bridgehead atoms. The highest BCUT2D eigenvalue weighted by Crippen LogP contribution is 2.35. The van der Waals surface area contributed by atoms with E-state index in [1.54, 1.807) is 0 Å². The number of sulfonamides is 1. The van der Waals surface area contributed by atoms with E-state index >= 15 is 0 Å². The third-order valence-electron chi connectivity index (χ3n) is 4.36. The minimum absolute atomic E-state index is 0.104. The summed E-state index contributed by atoms with van der Waals surface area (Å²) in [5, 5.41) is 0. The quantitative estimate of drug-likeness (QED) is 0.839. The van der Waals surface area contributed by atoms with Gasteiger partial charge in [0.1, 0.15) is 10.7 Å². The number of hydrogen-bond acceptors (Lipinski definition) is 3. The van der Waals surface area contributed by atoms with Crippen LogP contribution in [0.3, 0.4) is 0 Å². The molecule has 0 spiro atoms. The lowest BCUT2D eigenvalue weighted by molar-refractivity contribution is 0.368. The summed E-state index contributed by atoms with van der Waals surface area (Å²) in [6.45, 7) is 4.17. The van der Waals surface area contributed by atoms with Gasteiger partial charge in [-0.2, -0.15) is 0 Å². The lowest BCUT2D eigenvalue weighted by Crippen LogP contribution is -2.37. The molecule has 0 heterocycles. The van der Waals surface area contributed by atoms with E-state index in [0.717, 1.165) is 25.3 Å². The van der Waals surface area contributed by atoms with Gasteiger partial charge in [-0.3, -0.25) is 0 Å². The Kier molecular flexibility index (Phi) is 4.34. The van der Waals surface area contributed by atoms with Gasteiger partial charge < -0.3 is 5.73 Å². The second kappa shape index (κ2) is 5.69. The van der Waals surface area contributed by atoms with Gasteiger partial charge >= 0.3 is 0 Å². The number of hydrogen-bond donors (Lipinski definition) is 2. The van der Waals surface area contributed by atoms with Gasteiger partial charge in [0.15, 0.2) is 0 Å². The van der Waals surface area contributed by atoms with Gasteiger partial charge in [-0.15, -0.1) is 0 Å². The van der Waals surface area contributed by atoms with Crippen molar-refractivity contribution in [3.8, 4) is 0 Å². The predicted molar refractivity (Wildman–Crippen MR) is 77.1 cm³/mol. The van der Waals surface area contributed by atoms with Gasteiger partial charge in [-0.1, -0.05) is 26.3 Å². The molecule has 1 aromatic carbocycles. The third kappa shape index (κ3) is 2.81. The second-order valence-electron chi connectivity index (χ2n) is 5.48. The first-order valence-electron chi connectivity index (χ1n) is 6.93. The van der Waals surface area contributed by atoms with E-state index in [1.165, 1.54) is 12.1 Å². The molecular weight excluding hydrogens is 279 g/mol. The molecule has 0 amide bonds. The molecular formula is C14H21FN2O2S. The van der Waals surface area contributed by atoms with Crippen LogP contribution in [0, 0.1) is 17.7 Å². The standard InChI is InChI=1S/C14H21FN2O2S/c1-3-10-7-8-12(9(10)2)17-20(18,19)13-6-4-5-11(15)14(13)16/h4-6,9-10,12,17H,3,7-8,16H2,1-2H3. The molecule has 0 saturated heterocycles. The highest BCUT2D eigenvalue weighted by atomic mass is 32.2. The van der Waals surface area contributed by atoms with Crippen LogP contribution in [-0.4, -0.2) is 14.5 Å². The third-order valence-corrected chi connectivity index (χ3v) is 5.91. The number of para-hydroxylation sites is 1. The first-order chi connectivity index (χ1) is 9.36. The topological polar surface area (TPSA) is 72.2 Å². The fourth-order valence-electron chi connectivity index (χ4n) is 3.00. The van der Waals surface area contributed by atoms with E-state index < -0.39 is 15.8 Å². The Bertz CT molecular complexity index is 589. The largest absolute Gasteiger partial charge is 0.395 e. The van der Waals surface area contributed by atoms with Gasteiger partial charge in [-0.05, 0) is 36.8 Å². The molecule has 0 aromatic heterocycles. The summed E-state index contributed by atoms with van der Waals surface area (Å²) in [6, 6.07) is 3.73. The average molecular weight is 300 g/mol. The minimum Gasteiger partial charge on any atom is -0.395 e. The van der Waals surface area contributed by atoms with Crippen LogP contribution in [0.15, 0.2) is 23.1 Å². The van der Waals surface area contributed by atoms with Crippen molar-refractivity contribution in [2.75, 3.05) is 5.73 Å². The van der Waals surface area contributed by atoms with Gasteiger partial charge in [0, 0.05) is 6.04 Å². The Hall–Kier alpha value is -1.14. The number of nitrogens with one attached hydrogen (secondary N) is 1. The normalized spacial score (nSPS) is 26.9. The van der Waals surface area contributed by atoms with Crippen LogP contribution in [-0.2, 0) is 10.0 Å². The molecule has 4 nitrogen and oxygen atoms in total. The Labute approximate surface area is 119 Å². The van der Waals surface area contributed by atoms with Gasteiger partial charge in [-0.25, -0.2) is 17.5 Å². The van der Waals surface area contributed by atoms with E-state index in [9.17, 15) is 12.8 Å². The van der Waals surface area contributed by atoms with Crippen LogP contribution in [0.25, 0.3) is 0 Å². The first kappa shape index (κ1) is 15.3. The molecule has 1 aliphatic rings. The van der Waals surface area contributed by atoms with Crippen molar-refractivity contribution in [1.82, 2.24) is 4.72 Å². The highest BCUT2D eigenvalue weighted by Gasteiger charge is 2.35. The Morgan fingerprint density at radius 3 is 2.70 bits per heavy atom. The summed E-state index contributed by atoms with van der Waals surface area (Å²) in [5.74, 6) is 0.107. The molecule has 112 valence electrons. The summed E-state index contributed by atoms with van der Waals surface area (Å²) in [6.07, 6.45) is 2.87. The predicted octanol–water partition coefficient (Wildman–Crippen LogP) is 2.51. The number of halogens is 1. The number of benzene rings is 1. The molecule has 3 unspecified atom stereocenters. The Morgan fingerprint density at radius 1 is 1.40 bits per heavy atom. The van der Waals surface area contributed by atoms with E-state index in [4.69, 9.17) is 5.73 Å². The molecule has 0 radical (unpaired) electrons. The van der Waals surface area contributed by atoms with Crippen molar-refractivity contribution in [3.05, 3.63) is 24.0 Å². The summed E-state index contributed by atoms with van der Waals surface area (Å²) >= 11 is 0. The summed E-state index contributed by atoms with van der Waals surface area (Å²) in [5.41, 5.74) is 5.22. The van der Waals surface area contributed by atoms with E-state index in [-0.39, 0.29) is 22.5 Å². The van der Waals surface area contributed by atoms with E-state index in [1.807, 2.05) is 0 Å². The molecule has 20 heavy (non-hydrogen) atoms. The molecule has 3 atom stereocenters. The van der Waals surface area contributed by atoms with Crippen LogP contribution < -0.4 is 10.5 Å². The number of anilines is 1. The van der Waals surface area contributed by atoms with Crippen LogP contribution in [0.1, 0.15) is 33.1 Å². The van der Waals surface area contributed by atoms with Crippen molar-refractivity contribution < 1.29 is 12.8 Å². The van der Waals surface area contributed by atoms with E-state index in [2.05, 4.69) is 18.6 Å². The second-order valence-corrected chi connectivity index (χ2v) is 7.17. The molecule has 6 heteroatoms. The average Bonchev–Trinajstić information content (AvgIpc) is 2.73. The van der Waals surface area contributed by atoms with Gasteiger partial charge in [0.2, 0.25) is 10.0 Å². The molecule has 1 saturated carbocycles. The summed E-state index contributed by atoms with van der Waals surface area (Å²) in [4.78, 5) is -0.176. The number of nitrogens with two attached hydrogens (primary N) is 1. The molecule has 3 N–H and O–H groups in total. The summed E-state index contributed by atoms with van der Waals surface area (Å²) in [7, 11) is -3.78. The Balaban J connectivity index is 2.22. The fourth-order valence-corrected chi connectivity index (χ4v) is 4.51. The van der Waals surface area contributed by atoms with Crippen molar-refractivity contribution in [3.63, 3.8) is 0 Å². The van der Waals surface area contributed by atoms with Crippen LogP contribution in [0.2, 0.25) is 0 Å². The molecule has 1 aliphatic carbocycles.